The van der Waals surface area contributed by atoms with Gasteiger partial charge in [-0.05, 0) is 37.6 Å². The topological polar surface area (TPSA) is 67.5 Å². The summed E-state index contributed by atoms with van der Waals surface area (Å²) < 4.78 is 3.70. The number of nitrogens with zero attached hydrogens (tertiary/aromatic N) is 5. The zero-order valence-electron chi connectivity index (χ0n) is 19.3. The maximum Gasteiger partial charge on any atom is 0.262 e. The lowest BCUT2D eigenvalue weighted by atomic mass is 10.0. The number of hydrogen-bond acceptors (Lipinski definition) is 5. The van der Waals surface area contributed by atoms with Crippen molar-refractivity contribution in [1.82, 2.24) is 29.4 Å². The Bertz CT molecular complexity index is 1240. The summed E-state index contributed by atoms with van der Waals surface area (Å²) in [4.78, 5) is 15.2. The third-order valence-electron chi connectivity index (χ3n) is 6.02. The van der Waals surface area contributed by atoms with E-state index in [0.717, 1.165) is 24.4 Å². The SMILES string of the molecule is CCn1c(=O)c2ccccc2n2c(CNC(CN(C)Cc3ccccc3)C(C)C)nnc12. The zero-order chi connectivity index (χ0) is 22.7. The van der Waals surface area contributed by atoms with Crippen LogP contribution in [0.1, 0.15) is 32.2 Å². The van der Waals surface area contributed by atoms with Crippen molar-refractivity contribution in [1.29, 1.82) is 0 Å². The molecule has 0 fully saturated rings. The van der Waals surface area contributed by atoms with Crippen LogP contribution >= 0.6 is 0 Å². The summed E-state index contributed by atoms with van der Waals surface area (Å²) in [5.74, 6) is 1.86. The Labute approximate surface area is 188 Å². The summed E-state index contributed by atoms with van der Waals surface area (Å²) in [7, 11) is 2.16. The van der Waals surface area contributed by atoms with Gasteiger partial charge in [0.05, 0.1) is 17.4 Å². The van der Waals surface area contributed by atoms with Crippen molar-refractivity contribution in [2.75, 3.05) is 13.6 Å². The van der Waals surface area contributed by atoms with E-state index in [-0.39, 0.29) is 5.56 Å². The third kappa shape index (κ3) is 4.45. The molecule has 0 aliphatic rings. The molecule has 168 valence electrons. The van der Waals surface area contributed by atoms with Crippen molar-refractivity contribution in [2.24, 2.45) is 5.92 Å². The summed E-state index contributed by atoms with van der Waals surface area (Å²) in [6.07, 6.45) is 0. The minimum atomic E-state index is -0.0231. The molecule has 1 N–H and O–H groups in total. The number of aryl methyl sites for hydroxylation is 1. The Kier molecular flexibility index (Phi) is 6.67. The number of nitrogens with one attached hydrogen (secondary N) is 1. The number of aromatic nitrogens is 4. The molecular weight excluding hydrogens is 400 g/mol. The van der Waals surface area contributed by atoms with Gasteiger partial charge in [-0.25, -0.2) is 0 Å². The second-order valence-corrected chi connectivity index (χ2v) is 8.73. The van der Waals surface area contributed by atoms with E-state index in [9.17, 15) is 4.79 Å². The molecule has 2 aromatic carbocycles. The quantitative estimate of drug-likeness (QED) is 0.440. The Hall–Kier alpha value is -3.03. The molecule has 4 aromatic rings. The normalized spacial score (nSPS) is 12.9. The summed E-state index contributed by atoms with van der Waals surface area (Å²) >= 11 is 0. The fourth-order valence-corrected chi connectivity index (χ4v) is 4.24. The highest BCUT2D eigenvalue weighted by Crippen LogP contribution is 2.15. The van der Waals surface area contributed by atoms with Crippen LogP contribution in [0.2, 0.25) is 0 Å². The smallest absolute Gasteiger partial charge is 0.262 e. The van der Waals surface area contributed by atoms with Gasteiger partial charge in [-0.15, -0.1) is 10.2 Å². The minimum Gasteiger partial charge on any atom is -0.305 e. The van der Waals surface area contributed by atoms with Gasteiger partial charge in [-0.3, -0.25) is 13.8 Å². The lowest BCUT2D eigenvalue weighted by Crippen LogP contribution is -2.42. The van der Waals surface area contributed by atoms with Crippen LogP contribution in [-0.4, -0.2) is 43.7 Å². The van der Waals surface area contributed by atoms with Crippen LogP contribution < -0.4 is 10.9 Å². The molecule has 32 heavy (non-hydrogen) atoms. The average Bonchev–Trinajstić information content (AvgIpc) is 3.21. The number of likely N-dealkylation sites (N-methyl/N-ethyl adjacent to an activating group) is 1. The van der Waals surface area contributed by atoms with Crippen LogP contribution in [0.3, 0.4) is 0 Å². The molecule has 0 spiro atoms. The van der Waals surface area contributed by atoms with Gasteiger partial charge < -0.3 is 10.2 Å². The molecule has 1 unspecified atom stereocenters. The van der Waals surface area contributed by atoms with Crippen LogP contribution in [0.5, 0.6) is 0 Å². The summed E-state index contributed by atoms with van der Waals surface area (Å²) in [6.45, 7) is 9.39. The van der Waals surface area contributed by atoms with E-state index >= 15 is 0 Å². The maximum absolute atomic E-state index is 12.9. The third-order valence-corrected chi connectivity index (χ3v) is 6.02. The molecule has 7 heteroatoms. The van der Waals surface area contributed by atoms with Crippen molar-refractivity contribution in [3.05, 3.63) is 76.3 Å². The summed E-state index contributed by atoms with van der Waals surface area (Å²) in [6, 6.07) is 18.5. The largest absolute Gasteiger partial charge is 0.305 e. The van der Waals surface area contributed by atoms with Crippen LogP contribution in [0.15, 0.2) is 59.4 Å². The van der Waals surface area contributed by atoms with E-state index in [1.54, 1.807) is 4.57 Å². The highest BCUT2D eigenvalue weighted by atomic mass is 16.1. The van der Waals surface area contributed by atoms with E-state index in [1.165, 1.54) is 5.56 Å². The van der Waals surface area contributed by atoms with Crippen molar-refractivity contribution in [3.8, 4) is 0 Å². The Morgan fingerprint density at radius 2 is 1.75 bits per heavy atom. The summed E-state index contributed by atoms with van der Waals surface area (Å²) in [5, 5.41) is 13.2. The minimum absolute atomic E-state index is 0.0231. The van der Waals surface area contributed by atoms with Gasteiger partial charge in [0.15, 0.2) is 5.82 Å². The average molecular weight is 433 g/mol. The molecule has 2 aromatic heterocycles. The molecule has 0 saturated carbocycles. The van der Waals surface area contributed by atoms with Gasteiger partial charge in [-0.2, -0.15) is 0 Å². The molecule has 0 saturated heterocycles. The van der Waals surface area contributed by atoms with Gasteiger partial charge >= 0.3 is 0 Å². The van der Waals surface area contributed by atoms with E-state index in [1.807, 2.05) is 41.7 Å². The fraction of sp³-hybridized carbons (Fsp3) is 0.400. The van der Waals surface area contributed by atoms with Crippen molar-refractivity contribution in [3.63, 3.8) is 0 Å². The Balaban J connectivity index is 1.57. The van der Waals surface area contributed by atoms with Crippen LogP contribution in [0, 0.1) is 5.92 Å². The zero-order valence-corrected chi connectivity index (χ0v) is 19.3. The van der Waals surface area contributed by atoms with E-state index in [2.05, 4.69) is 65.6 Å². The van der Waals surface area contributed by atoms with E-state index < -0.39 is 0 Å². The molecule has 4 rings (SSSR count). The second-order valence-electron chi connectivity index (χ2n) is 8.73. The van der Waals surface area contributed by atoms with Crippen molar-refractivity contribution >= 4 is 16.7 Å². The molecule has 0 aliphatic carbocycles. The molecule has 0 bridgehead atoms. The molecule has 0 amide bonds. The predicted octanol–water partition coefficient (Wildman–Crippen LogP) is 3.31. The van der Waals surface area contributed by atoms with Gasteiger partial charge in [-0.1, -0.05) is 56.3 Å². The van der Waals surface area contributed by atoms with Crippen LogP contribution in [-0.2, 0) is 19.6 Å². The van der Waals surface area contributed by atoms with Crippen LogP contribution in [0.4, 0.5) is 0 Å². The monoisotopic (exact) mass is 432 g/mol. The molecule has 0 aliphatic heterocycles. The maximum atomic E-state index is 12.9. The van der Waals surface area contributed by atoms with Crippen LogP contribution in [0.25, 0.3) is 16.7 Å². The van der Waals surface area contributed by atoms with Gasteiger partial charge in [0, 0.05) is 25.7 Å². The van der Waals surface area contributed by atoms with E-state index in [4.69, 9.17) is 0 Å². The number of para-hydroxylation sites is 1. The first-order chi connectivity index (χ1) is 15.5. The molecule has 7 nitrogen and oxygen atoms in total. The number of fused-ring (bicyclic) bond motifs is 3. The Morgan fingerprint density at radius 1 is 1.03 bits per heavy atom. The molecule has 0 radical (unpaired) electrons. The van der Waals surface area contributed by atoms with Gasteiger partial charge in [0.25, 0.3) is 5.56 Å². The lowest BCUT2D eigenvalue weighted by Gasteiger charge is -2.28. The first-order valence-corrected chi connectivity index (χ1v) is 11.3. The van der Waals surface area contributed by atoms with Gasteiger partial charge in [0.2, 0.25) is 5.78 Å². The highest BCUT2D eigenvalue weighted by Gasteiger charge is 2.19. The molecular formula is C25H32N6O. The summed E-state index contributed by atoms with van der Waals surface area (Å²) in [5.41, 5.74) is 2.14. The first kappa shape index (κ1) is 22.2. The lowest BCUT2D eigenvalue weighted by molar-refractivity contribution is 0.246. The molecule has 1 atom stereocenters. The standard InChI is InChI=1S/C25H32N6O/c1-5-30-24(32)20-13-9-10-14-22(20)31-23(27-28-25(30)31)15-26-21(18(2)3)17-29(4)16-19-11-7-6-8-12-19/h6-14,18,21,26H,5,15-17H2,1-4H3. The molecule has 2 heterocycles. The van der Waals surface area contributed by atoms with E-state index in [0.29, 0.717) is 36.2 Å². The number of hydrogen-bond donors (Lipinski definition) is 1. The number of benzene rings is 2. The highest BCUT2D eigenvalue weighted by molar-refractivity contribution is 5.80. The second kappa shape index (κ2) is 9.63. The van der Waals surface area contributed by atoms with Crippen molar-refractivity contribution in [2.45, 2.75) is 46.4 Å². The number of rotatable bonds is 9. The predicted molar refractivity (Wildman–Crippen MR) is 129 cm³/mol. The first-order valence-electron chi connectivity index (χ1n) is 11.3. The fourth-order valence-electron chi connectivity index (χ4n) is 4.24. The Morgan fingerprint density at radius 3 is 2.47 bits per heavy atom. The van der Waals surface area contributed by atoms with Crippen molar-refractivity contribution < 1.29 is 0 Å². The van der Waals surface area contributed by atoms with Gasteiger partial charge in [0.1, 0.15) is 0 Å².